The SMILES string of the molecule is CC1(C)OC(=O)C=C(C=P)O1. The largest absolute Gasteiger partial charge is 0.452 e. The molecule has 1 heterocycles. The Morgan fingerprint density at radius 1 is 1.55 bits per heavy atom. The lowest BCUT2D eigenvalue weighted by molar-refractivity contribution is -0.201. The van der Waals surface area contributed by atoms with Crippen LogP contribution in [0.1, 0.15) is 13.8 Å². The zero-order valence-electron chi connectivity index (χ0n) is 6.38. The molecule has 1 rings (SSSR count). The van der Waals surface area contributed by atoms with E-state index < -0.39 is 5.79 Å². The smallest absolute Gasteiger partial charge is 0.337 e. The zero-order valence-corrected chi connectivity index (χ0v) is 7.38. The first-order valence-corrected chi connectivity index (χ1v) is 3.75. The van der Waals surface area contributed by atoms with E-state index in [0.29, 0.717) is 5.76 Å². The fourth-order valence-electron chi connectivity index (χ4n) is 0.793. The highest BCUT2D eigenvalue weighted by atomic mass is 31.0. The highest BCUT2D eigenvalue weighted by Gasteiger charge is 2.28. The van der Waals surface area contributed by atoms with Gasteiger partial charge in [-0.05, 0) is 0 Å². The predicted octanol–water partition coefficient (Wildman–Crippen LogP) is 1.12. The van der Waals surface area contributed by atoms with Crippen molar-refractivity contribution < 1.29 is 14.3 Å². The van der Waals surface area contributed by atoms with Crippen molar-refractivity contribution in [2.75, 3.05) is 0 Å². The van der Waals surface area contributed by atoms with Crippen LogP contribution in [0.5, 0.6) is 0 Å². The van der Waals surface area contributed by atoms with Gasteiger partial charge < -0.3 is 9.47 Å². The maximum atomic E-state index is 10.8. The maximum absolute atomic E-state index is 10.8. The van der Waals surface area contributed by atoms with Crippen LogP contribution in [0.3, 0.4) is 0 Å². The quantitative estimate of drug-likeness (QED) is 0.439. The standard InChI is InChI=1S/C7H9O3P/c1-7(2)9-5(4-11)3-6(8)10-7/h3-4,11H,1-2H3. The van der Waals surface area contributed by atoms with Gasteiger partial charge in [-0.3, -0.25) is 0 Å². The zero-order chi connectivity index (χ0) is 8.48. The summed E-state index contributed by atoms with van der Waals surface area (Å²) in [5, 5.41) is 0. The first kappa shape index (κ1) is 8.28. The van der Waals surface area contributed by atoms with Gasteiger partial charge in [-0.25, -0.2) is 4.79 Å². The van der Waals surface area contributed by atoms with Crippen molar-refractivity contribution in [1.82, 2.24) is 0 Å². The summed E-state index contributed by atoms with van der Waals surface area (Å²) in [7, 11) is 3.11. The fourth-order valence-corrected chi connectivity index (χ4v) is 0.935. The maximum Gasteiger partial charge on any atom is 0.337 e. The third kappa shape index (κ3) is 2.05. The Hall–Kier alpha value is -0.820. The molecule has 4 heteroatoms. The average Bonchev–Trinajstić information content (AvgIpc) is 1.83. The van der Waals surface area contributed by atoms with E-state index in [1.54, 1.807) is 13.8 Å². The summed E-state index contributed by atoms with van der Waals surface area (Å²) in [5.74, 6) is 0.764. The fraction of sp³-hybridized carbons (Fsp3) is 0.429. The van der Waals surface area contributed by atoms with Crippen LogP contribution < -0.4 is 0 Å². The molecule has 0 aromatic heterocycles. The number of esters is 1. The minimum atomic E-state index is -0.857. The molecule has 0 saturated carbocycles. The van der Waals surface area contributed by atoms with Gasteiger partial charge in [-0.1, -0.05) is 0 Å². The van der Waals surface area contributed by atoms with Crippen LogP contribution in [0.2, 0.25) is 0 Å². The Kier molecular flexibility index (Phi) is 2.01. The van der Waals surface area contributed by atoms with E-state index >= 15 is 0 Å². The minimum absolute atomic E-state index is 0.384. The van der Waals surface area contributed by atoms with E-state index in [1.165, 1.54) is 11.9 Å². The molecule has 0 atom stereocenters. The van der Waals surface area contributed by atoms with Crippen molar-refractivity contribution >= 4 is 20.6 Å². The first-order valence-electron chi connectivity index (χ1n) is 3.18. The van der Waals surface area contributed by atoms with Gasteiger partial charge in [-0.2, -0.15) is 0 Å². The van der Waals surface area contributed by atoms with E-state index in [1.807, 2.05) is 0 Å². The van der Waals surface area contributed by atoms with Crippen molar-refractivity contribution in [1.29, 1.82) is 0 Å². The van der Waals surface area contributed by atoms with Gasteiger partial charge in [0.05, 0.1) is 6.08 Å². The molecule has 60 valence electrons. The number of rotatable bonds is 1. The summed E-state index contributed by atoms with van der Waals surface area (Å²) in [6.45, 7) is 3.35. The molecule has 1 aliphatic rings. The van der Waals surface area contributed by atoms with Crippen LogP contribution >= 0.6 is 8.86 Å². The van der Waals surface area contributed by atoms with Crippen LogP contribution in [-0.2, 0) is 14.3 Å². The van der Waals surface area contributed by atoms with Gasteiger partial charge in [0.1, 0.15) is 5.76 Å². The lowest BCUT2D eigenvalue weighted by Crippen LogP contribution is -2.34. The van der Waals surface area contributed by atoms with E-state index in [2.05, 4.69) is 8.86 Å². The Bertz CT molecular complexity index is 230. The average molecular weight is 172 g/mol. The number of allylic oxidation sites excluding steroid dienone is 1. The topological polar surface area (TPSA) is 35.5 Å². The summed E-state index contributed by atoms with van der Waals surface area (Å²) in [6, 6.07) is 0. The van der Waals surface area contributed by atoms with Crippen LogP contribution in [0, 0.1) is 0 Å². The van der Waals surface area contributed by atoms with Gasteiger partial charge in [0.25, 0.3) is 0 Å². The molecule has 0 fully saturated rings. The van der Waals surface area contributed by atoms with Crippen LogP contribution in [0.4, 0.5) is 0 Å². The molecule has 0 unspecified atom stereocenters. The van der Waals surface area contributed by atoms with Crippen molar-refractivity contribution in [2.24, 2.45) is 0 Å². The molecule has 0 aromatic rings. The molecule has 0 N–H and O–H groups in total. The van der Waals surface area contributed by atoms with Gasteiger partial charge in [0.2, 0.25) is 5.79 Å². The summed E-state index contributed by atoms with van der Waals surface area (Å²) < 4.78 is 10.0. The van der Waals surface area contributed by atoms with Gasteiger partial charge >= 0.3 is 5.97 Å². The number of hydrogen-bond donors (Lipinski definition) is 0. The van der Waals surface area contributed by atoms with Crippen molar-refractivity contribution in [3.8, 4) is 0 Å². The Labute approximate surface area is 67.2 Å². The molecular formula is C7H9O3P. The normalized spacial score (nSPS) is 21.3. The second-order valence-corrected chi connectivity index (χ2v) is 2.90. The summed E-state index contributed by atoms with van der Waals surface area (Å²) in [5.41, 5.74) is 0. The van der Waals surface area contributed by atoms with Crippen molar-refractivity contribution in [2.45, 2.75) is 19.6 Å². The third-order valence-corrected chi connectivity index (χ3v) is 1.40. The first-order chi connectivity index (χ1) is 5.03. The molecule has 0 radical (unpaired) electrons. The van der Waals surface area contributed by atoms with E-state index in [0.717, 1.165) is 0 Å². The van der Waals surface area contributed by atoms with Crippen LogP contribution in [-0.4, -0.2) is 17.6 Å². The third-order valence-electron chi connectivity index (χ3n) is 1.11. The molecule has 1 aliphatic heterocycles. The molecule has 0 aromatic carbocycles. The molecule has 11 heavy (non-hydrogen) atoms. The van der Waals surface area contributed by atoms with E-state index in [-0.39, 0.29) is 5.97 Å². The summed E-state index contributed by atoms with van der Waals surface area (Å²) >= 11 is 0. The van der Waals surface area contributed by atoms with E-state index in [4.69, 9.17) is 9.47 Å². The number of carbonyl (C=O) groups excluding carboxylic acids is 1. The Balaban J connectivity index is 2.86. The highest BCUT2D eigenvalue weighted by Crippen LogP contribution is 2.20. The van der Waals surface area contributed by atoms with Crippen molar-refractivity contribution in [3.05, 3.63) is 11.8 Å². The highest BCUT2D eigenvalue weighted by molar-refractivity contribution is 7.19. The second-order valence-electron chi connectivity index (χ2n) is 2.61. The monoisotopic (exact) mass is 172 g/mol. The van der Waals surface area contributed by atoms with Gasteiger partial charge in [0, 0.05) is 19.6 Å². The molecule has 0 spiro atoms. The summed E-state index contributed by atoms with van der Waals surface area (Å²) in [4.78, 5) is 10.8. The Morgan fingerprint density at radius 2 is 2.18 bits per heavy atom. The van der Waals surface area contributed by atoms with Crippen LogP contribution in [0.25, 0.3) is 0 Å². The molecule has 0 bridgehead atoms. The molecular weight excluding hydrogens is 163 g/mol. The number of cyclic esters (lactones) is 1. The lowest BCUT2D eigenvalue weighted by Gasteiger charge is -2.29. The lowest BCUT2D eigenvalue weighted by atomic mass is 10.3. The van der Waals surface area contributed by atoms with Crippen molar-refractivity contribution in [3.63, 3.8) is 0 Å². The molecule has 0 aliphatic carbocycles. The number of hydrogen-bond acceptors (Lipinski definition) is 3. The predicted molar refractivity (Wildman–Crippen MR) is 43.7 cm³/mol. The molecule has 0 saturated heterocycles. The molecule has 0 amide bonds. The van der Waals surface area contributed by atoms with E-state index in [9.17, 15) is 4.79 Å². The second kappa shape index (κ2) is 2.67. The number of ether oxygens (including phenoxy) is 2. The number of carbonyl (C=O) groups is 1. The Morgan fingerprint density at radius 3 is 2.64 bits per heavy atom. The van der Waals surface area contributed by atoms with Crippen LogP contribution in [0.15, 0.2) is 11.8 Å². The molecule has 3 nitrogen and oxygen atoms in total. The summed E-state index contributed by atoms with van der Waals surface area (Å²) in [6.07, 6.45) is 1.28. The van der Waals surface area contributed by atoms with Gasteiger partial charge in [0.15, 0.2) is 0 Å². The van der Waals surface area contributed by atoms with Gasteiger partial charge in [-0.15, -0.1) is 8.86 Å². The minimum Gasteiger partial charge on any atom is -0.452 e.